The molecule has 0 aromatic heterocycles. The van der Waals surface area contributed by atoms with Crippen molar-refractivity contribution in [3.8, 4) is 0 Å². The molecule has 9 heteroatoms. The molecular weight excluding hydrogens is 251 g/mol. The Kier molecular flexibility index (Phi) is 56.1. The second-order valence-electron chi connectivity index (χ2n) is 0.513. The van der Waals surface area contributed by atoms with Crippen LogP contribution >= 0.6 is 7.82 Å². The topological polar surface area (TPSA) is 77.8 Å². The first-order valence-corrected chi connectivity index (χ1v) is 2.35. The van der Waals surface area contributed by atoms with E-state index in [1.807, 2.05) is 0 Å². The summed E-state index contributed by atoms with van der Waals surface area (Å²) in [4.78, 5) is 21.6. The van der Waals surface area contributed by atoms with Gasteiger partial charge in [-0.15, -0.1) is 0 Å². The molecule has 0 saturated heterocycles. The van der Waals surface area contributed by atoms with E-state index in [1.165, 1.54) is 0 Å². The maximum absolute atomic E-state index is 8.88. The van der Waals surface area contributed by atoms with Crippen LogP contribution in [0.4, 0.5) is 0 Å². The molecule has 0 amide bonds. The molecule has 0 rings (SSSR count). The third kappa shape index (κ3) is 53.0. The zero-order chi connectivity index (χ0) is 4.50. The van der Waals surface area contributed by atoms with E-state index in [-0.39, 0.29) is 206 Å². The maximum atomic E-state index is 8.88. The van der Waals surface area contributed by atoms with Crippen LogP contribution in [0.15, 0.2) is 0 Å². The van der Waals surface area contributed by atoms with E-state index < -0.39 is 7.82 Å². The van der Waals surface area contributed by atoms with Gasteiger partial charge in [0.2, 0.25) is 0 Å². The molecule has 0 unspecified atom stereocenters. The van der Waals surface area contributed by atoms with E-state index in [0.29, 0.717) is 0 Å². The quantitative estimate of drug-likeness (QED) is 0.311. The molecule has 9 heavy (non-hydrogen) atoms. The van der Waals surface area contributed by atoms with E-state index in [1.54, 1.807) is 0 Å². The summed E-state index contributed by atoms with van der Waals surface area (Å²) in [5, 5.41) is 0. The monoisotopic (exact) mass is 258 g/mol. The zero-order valence-electron chi connectivity index (χ0n) is 2.20. The van der Waals surface area contributed by atoms with Crippen LogP contribution in [0.25, 0.3) is 0 Å². The number of rotatable bonds is 0. The van der Waals surface area contributed by atoms with E-state index in [4.69, 9.17) is 19.2 Å². The van der Waals surface area contributed by atoms with Crippen LogP contribution in [-0.2, 0) is 4.57 Å². The van der Waals surface area contributed by atoms with Crippen molar-refractivity contribution < 1.29 is 19.2 Å². The van der Waals surface area contributed by atoms with Crippen molar-refractivity contribution in [1.82, 2.24) is 0 Å². The Morgan fingerprint density at radius 1 is 0.778 bits per heavy atom. The summed E-state index contributed by atoms with van der Waals surface area (Å²) in [6, 6.07) is 0. The van der Waals surface area contributed by atoms with Crippen LogP contribution in [0.1, 0.15) is 0 Å². The second kappa shape index (κ2) is 17.1. The molecule has 0 aliphatic heterocycles. The fourth-order valence-corrected chi connectivity index (χ4v) is 0. The fourth-order valence-electron chi connectivity index (χ4n) is 0. The summed E-state index contributed by atoms with van der Waals surface area (Å²) in [5.41, 5.74) is 0. The van der Waals surface area contributed by atoms with Crippen LogP contribution in [0, 0.1) is 0 Å². The summed E-state index contributed by atoms with van der Waals surface area (Å²) < 4.78 is 8.88. The average Bonchev–Trinajstić information content (AvgIpc) is 0.722. The summed E-state index contributed by atoms with van der Waals surface area (Å²) in [6.07, 6.45) is 0. The van der Waals surface area contributed by atoms with Gasteiger partial charge in [-0.05, 0) is 0 Å². The summed E-state index contributed by atoms with van der Waals surface area (Å²) in [5.74, 6) is 0. The van der Waals surface area contributed by atoms with Crippen molar-refractivity contribution in [2.45, 2.75) is 0 Å². The van der Waals surface area contributed by atoms with Gasteiger partial charge in [-0.1, -0.05) is 0 Å². The second-order valence-corrected chi connectivity index (χ2v) is 1.54. The molecule has 0 atom stereocenters. The Hall–Kier alpha value is 6.66. The van der Waals surface area contributed by atoms with Crippen molar-refractivity contribution in [3.63, 3.8) is 0 Å². The molecule has 4 nitrogen and oxygen atoms in total. The van der Waals surface area contributed by atoms with Crippen LogP contribution in [-0.4, -0.2) is 220 Å². The van der Waals surface area contributed by atoms with Crippen LogP contribution in [0.5, 0.6) is 0 Å². The minimum absolute atomic E-state index is 0. The van der Waals surface area contributed by atoms with Crippen molar-refractivity contribution in [2.24, 2.45) is 0 Å². The predicted molar refractivity (Wildman–Crippen MR) is 42.9 cm³/mol. The third-order valence-electron chi connectivity index (χ3n) is 0. The number of hydrogen-bond acceptors (Lipinski definition) is 1. The van der Waals surface area contributed by atoms with Gasteiger partial charge in [-0.2, -0.15) is 0 Å². The van der Waals surface area contributed by atoms with Gasteiger partial charge in [-0.3, -0.25) is 0 Å². The Morgan fingerprint density at radius 2 is 0.778 bits per heavy atom. The predicted octanol–water partition coefficient (Wildman–Crippen LogP) is -3.52. The Morgan fingerprint density at radius 3 is 0.778 bits per heavy atom. The standard InChI is InChI=1S/4K.H3O4P.4H/c;;;;1-5(2,3)4;;;;/h;;;;(H3,1,2,3,4);;;;. The zero-order valence-corrected chi connectivity index (χ0v) is 3.09. The van der Waals surface area contributed by atoms with Crippen LogP contribution < -0.4 is 0 Å². The Labute approximate surface area is 224 Å². The molecular formula is H7K4O4P. The fraction of sp³-hybridized carbons (Fsp3) is 0. The van der Waals surface area contributed by atoms with E-state index in [2.05, 4.69) is 0 Å². The number of hydrogen-bond donors (Lipinski definition) is 3. The summed E-state index contributed by atoms with van der Waals surface area (Å²) in [7, 11) is -4.64. The van der Waals surface area contributed by atoms with Crippen LogP contribution in [0.3, 0.4) is 0 Å². The first kappa shape index (κ1) is 29.6. The first-order chi connectivity index (χ1) is 2.00. The summed E-state index contributed by atoms with van der Waals surface area (Å²) in [6.45, 7) is 0. The average molecular weight is 258 g/mol. The summed E-state index contributed by atoms with van der Waals surface area (Å²) >= 11 is 0. The molecule has 0 aromatic carbocycles. The van der Waals surface area contributed by atoms with Crippen molar-refractivity contribution in [1.29, 1.82) is 0 Å². The number of phosphoric acid groups is 1. The van der Waals surface area contributed by atoms with Gasteiger partial charge in [0, 0.05) is 0 Å². The molecule has 0 spiro atoms. The SMILES string of the molecule is O=P(O)(O)O.[KH].[KH].[KH].[KH]. The Balaban J connectivity index is -0.0000000133. The molecule has 0 heterocycles. The molecule has 0 aromatic rings. The van der Waals surface area contributed by atoms with E-state index >= 15 is 0 Å². The Bertz CT molecular complexity index is 58.7. The van der Waals surface area contributed by atoms with Crippen molar-refractivity contribution >= 4 is 213 Å². The normalized spacial score (nSPS) is 6.56. The molecule has 0 fully saturated rings. The molecule has 3 N–H and O–H groups in total. The molecule has 0 bridgehead atoms. The molecule has 40 valence electrons. The van der Waals surface area contributed by atoms with Gasteiger partial charge < -0.3 is 14.7 Å². The van der Waals surface area contributed by atoms with E-state index in [0.717, 1.165) is 0 Å². The van der Waals surface area contributed by atoms with Crippen molar-refractivity contribution in [2.75, 3.05) is 0 Å². The molecule has 0 radical (unpaired) electrons. The van der Waals surface area contributed by atoms with Crippen molar-refractivity contribution in [3.05, 3.63) is 0 Å². The van der Waals surface area contributed by atoms with E-state index in [9.17, 15) is 0 Å². The third-order valence-corrected chi connectivity index (χ3v) is 0. The van der Waals surface area contributed by atoms with Gasteiger partial charge in [-0.25, -0.2) is 4.57 Å². The van der Waals surface area contributed by atoms with Gasteiger partial charge in [0.1, 0.15) is 0 Å². The van der Waals surface area contributed by atoms with Gasteiger partial charge in [0.25, 0.3) is 0 Å². The molecule has 0 saturated carbocycles. The van der Waals surface area contributed by atoms with Crippen LogP contribution in [0.2, 0.25) is 0 Å². The van der Waals surface area contributed by atoms with Gasteiger partial charge >= 0.3 is 213 Å². The van der Waals surface area contributed by atoms with Gasteiger partial charge in [0.05, 0.1) is 0 Å². The minimum atomic E-state index is -4.64. The first-order valence-electron chi connectivity index (χ1n) is 0.783. The molecule has 0 aliphatic carbocycles. The molecule has 0 aliphatic rings. The van der Waals surface area contributed by atoms with Gasteiger partial charge in [0.15, 0.2) is 0 Å².